The fourth-order valence-electron chi connectivity index (χ4n) is 1.60. The number of imidazole rings is 1. The van der Waals surface area contributed by atoms with Gasteiger partial charge in [-0.25, -0.2) is 13.4 Å². The summed E-state index contributed by atoms with van der Waals surface area (Å²) < 4.78 is 25.1. The van der Waals surface area contributed by atoms with Crippen LogP contribution in [-0.2, 0) is 10.0 Å². The first-order chi connectivity index (χ1) is 7.00. The molecule has 0 saturated carbocycles. The molecule has 1 aliphatic rings. The first-order valence-electron chi connectivity index (χ1n) is 4.70. The summed E-state index contributed by atoms with van der Waals surface area (Å²) >= 11 is 0. The van der Waals surface area contributed by atoms with Gasteiger partial charge in [0, 0.05) is 13.1 Å². The van der Waals surface area contributed by atoms with Crippen molar-refractivity contribution in [1.29, 1.82) is 0 Å². The molecule has 2 rings (SSSR count). The maximum atomic E-state index is 11.9. The van der Waals surface area contributed by atoms with Crippen LogP contribution in [0.3, 0.4) is 0 Å². The van der Waals surface area contributed by atoms with Crippen molar-refractivity contribution in [3.63, 3.8) is 0 Å². The van der Waals surface area contributed by atoms with E-state index in [1.807, 2.05) is 0 Å². The van der Waals surface area contributed by atoms with Gasteiger partial charge in [-0.15, -0.1) is 0 Å². The van der Waals surface area contributed by atoms with E-state index in [2.05, 4.69) is 9.97 Å². The van der Waals surface area contributed by atoms with E-state index in [1.54, 1.807) is 6.92 Å². The molecule has 0 aromatic carbocycles. The summed E-state index contributed by atoms with van der Waals surface area (Å²) in [5.41, 5.74) is 0. The van der Waals surface area contributed by atoms with Gasteiger partial charge in [-0.1, -0.05) is 0 Å². The Labute approximate surface area is 88.0 Å². The molecule has 84 valence electrons. The second-order valence-corrected chi connectivity index (χ2v) is 5.54. The van der Waals surface area contributed by atoms with E-state index in [4.69, 9.17) is 0 Å². The molecule has 0 spiro atoms. The highest BCUT2D eigenvalue weighted by Crippen LogP contribution is 2.19. The maximum Gasteiger partial charge on any atom is 0.260 e. The Morgan fingerprint density at radius 3 is 2.87 bits per heavy atom. The predicted molar refractivity (Wildman–Crippen MR) is 52.7 cm³/mol. The van der Waals surface area contributed by atoms with Crippen LogP contribution >= 0.6 is 0 Å². The fraction of sp³-hybridized carbons (Fsp3) is 0.625. The monoisotopic (exact) mass is 231 g/mol. The molecular formula is C8H13N3O3S. The van der Waals surface area contributed by atoms with Crippen LogP contribution in [0.1, 0.15) is 12.2 Å². The quantitative estimate of drug-likeness (QED) is 0.716. The minimum atomic E-state index is -3.50. The number of aryl methyl sites for hydroxylation is 1. The average molecular weight is 231 g/mol. The van der Waals surface area contributed by atoms with Gasteiger partial charge >= 0.3 is 0 Å². The SMILES string of the molecule is Cc1ncc(S(=O)(=O)N2CCC(O)C2)[nH]1. The van der Waals surface area contributed by atoms with Crippen LogP contribution in [0.25, 0.3) is 0 Å². The highest BCUT2D eigenvalue weighted by atomic mass is 32.2. The van der Waals surface area contributed by atoms with E-state index in [0.717, 1.165) is 0 Å². The standard InChI is InChI=1S/C8H13N3O3S/c1-6-9-4-8(10-6)15(13,14)11-3-2-7(12)5-11/h4,7,12H,2-3,5H2,1H3,(H,9,10). The number of β-amino-alcohol motifs (C(OH)–C–C–N with tert-alkyl or cyclic N) is 1. The largest absolute Gasteiger partial charge is 0.392 e. The van der Waals surface area contributed by atoms with Crippen LogP contribution < -0.4 is 0 Å². The van der Waals surface area contributed by atoms with Gasteiger partial charge in [-0.2, -0.15) is 4.31 Å². The van der Waals surface area contributed by atoms with Crippen molar-refractivity contribution >= 4 is 10.0 Å². The lowest BCUT2D eigenvalue weighted by Gasteiger charge is -2.13. The zero-order chi connectivity index (χ0) is 11.1. The number of sulfonamides is 1. The predicted octanol–water partition coefficient (Wildman–Crippen LogP) is -0.527. The molecular weight excluding hydrogens is 218 g/mol. The van der Waals surface area contributed by atoms with Gasteiger partial charge in [0.1, 0.15) is 5.82 Å². The minimum absolute atomic E-state index is 0.0918. The van der Waals surface area contributed by atoms with Gasteiger partial charge in [-0.05, 0) is 13.3 Å². The lowest BCUT2D eigenvalue weighted by Crippen LogP contribution is -2.29. The average Bonchev–Trinajstić information content (AvgIpc) is 2.74. The van der Waals surface area contributed by atoms with Crippen LogP contribution in [-0.4, -0.2) is 47.0 Å². The fourth-order valence-corrected chi connectivity index (χ4v) is 3.05. The number of H-pyrrole nitrogens is 1. The summed E-state index contributed by atoms with van der Waals surface area (Å²) in [6, 6.07) is 0. The molecule has 0 radical (unpaired) electrons. The van der Waals surface area contributed by atoms with Crippen LogP contribution in [0, 0.1) is 6.92 Å². The second kappa shape index (κ2) is 3.58. The highest BCUT2D eigenvalue weighted by Gasteiger charge is 2.32. The third-order valence-corrected chi connectivity index (χ3v) is 4.20. The molecule has 1 aliphatic heterocycles. The topological polar surface area (TPSA) is 86.3 Å². The molecule has 15 heavy (non-hydrogen) atoms. The lowest BCUT2D eigenvalue weighted by atomic mass is 10.3. The van der Waals surface area contributed by atoms with Gasteiger partial charge in [-0.3, -0.25) is 0 Å². The van der Waals surface area contributed by atoms with Crippen molar-refractivity contribution in [1.82, 2.24) is 14.3 Å². The molecule has 1 aromatic rings. The molecule has 0 aliphatic carbocycles. The third-order valence-electron chi connectivity index (χ3n) is 2.42. The van der Waals surface area contributed by atoms with Crippen molar-refractivity contribution in [2.75, 3.05) is 13.1 Å². The van der Waals surface area contributed by atoms with Crippen LogP contribution in [0.5, 0.6) is 0 Å². The zero-order valence-electron chi connectivity index (χ0n) is 8.34. The maximum absolute atomic E-state index is 11.9. The Bertz CT molecular complexity index is 453. The summed E-state index contributed by atoms with van der Waals surface area (Å²) in [6.07, 6.45) is 1.24. The minimum Gasteiger partial charge on any atom is -0.392 e. The van der Waals surface area contributed by atoms with Crippen molar-refractivity contribution in [2.24, 2.45) is 0 Å². The number of aromatic amines is 1. The Morgan fingerprint density at radius 2 is 2.40 bits per heavy atom. The molecule has 1 saturated heterocycles. The van der Waals surface area contributed by atoms with Crippen molar-refractivity contribution in [3.8, 4) is 0 Å². The van der Waals surface area contributed by atoms with E-state index in [0.29, 0.717) is 18.8 Å². The molecule has 1 unspecified atom stereocenters. The van der Waals surface area contributed by atoms with E-state index in [9.17, 15) is 13.5 Å². The number of rotatable bonds is 2. The molecule has 1 atom stereocenters. The van der Waals surface area contributed by atoms with Gasteiger partial charge in [0.25, 0.3) is 10.0 Å². The summed E-state index contributed by atoms with van der Waals surface area (Å²) in [4.78, 5) is 6.54. The number of nitrogens with one attached hydrogen (secondary N) is 1. The normalized spacial score (nSPS) is 23.5. The molecule has 1 fully saturated rings. The van der Waals surface area contributed by atoms with Crippen LogP contribution in [0.4, 0.5) is 0 Å². The van der Waals surface area contributed by atoms with E-state index in [-0.39, 0.29) is 11.6 Å². The Kier molecular flexibility index (Phi) is 2.53. The van der Waals surface area contributed by atoms with Crippen molar-refractivity contribution < 1.29 is 13.5 Å². The number of hydrogen-bond donors (Lipinski definition) is 2. The van der Waals surface area contributed by atoms with Crippen LogP contribution in [0.2, 0.25) is 0 Å². The number of aliphatic hydroxyl groups is 1. The number of aliphatic hydroxyl groups excluding tert-OH is 1. The molecule has 7 heteroatoms. The third kappa shape index (κ3) is 1.90. The highest BCUT2D eigenvalue weighted by molar-refractivity contribution is 7.89. The van der Waals surface area contributed by atoms with Gasteiger partial charge in [0.2, 0.25) is 0 Å². The molecule has 2 N–H and O–H groups in total. The molecule has 0 amide bonds. The number of nitrogens with zero attached hydrogens (tertiary/aromatic N) is 2. The molecule has 2 heterocycles. The number of hydrogen-bond acceptors (Lipinski definition) is 4. The Hall–Kier alpha value is -0.920. The zero-order valence-corrected chi connectivity index (χ0v) is 9.16. The molecule has 1 aromatic heterocycles. The van der Waals surface area contributed by atoms with E-state index < -0.39 is 16.1 Å². The number of aromatic nitrogens is 2. The van der Waals surface area contributed by atoms with E-state index >= 15 is 0 Å². The first kappa shape index (κ1) is 10.6. The second-order valence-electron chi connectivity index (χ2n) is 3.64. The summed E-state index contributed by atoms with van der Waals surface area (Å²) in [5.74, 6) is 0.563. The van der Waals surface area contributed by atoms with Gasteiger partial charge in [0.15, 0.2) is 5.03 Å². The van der Waals surface area contributed by atoms with Crippen molar-refractivity contribution in [2.45, 2.75) is 24.5 Å². The molecule has 0 bridgehead atoms. The van der Waals surface area contributed by atoms with Crippen molar-refractivity contribution in [3.05, 3.63) is 12.0 Å². The van der Waals surface area contributed by atoms with Gasteiger partial charge in [0.05, 0.1) is 12.3 Å². The lowest BCUT2D eigenvalue weighted by molar-refractivity contribution is 0.189. The molecule has 6 nitrogen and oxygen atoms in total. The summed E-state index contributed by atoms with van der Waals surface area (Å²) in [7, 11) is -3.50. The summed E-state index contributed by atoms with van der Waals surface area (Å²) in [5, 5.41) is 9.37. The Balaban J connectivity index is 2.27. The van der Waals surface area contributed by atoms with E-state index in [1.165, 1.54) is 10.5 Å². The Morgan fingerprint density at radius 1 is 1.67 bits per heavy atom. The van der Waals surface area contributed by atoms with Gasteiger partial charge < -0.3 is 10.1 Å². The summed E-state index contributed by atoms with van der Waals surface area (Å²) in [6.45, 7) is 2.22. The van der Waals surface area contributed by atoms with Crippen LogP contribution in [0.15, 0.2) is 11.2 Å². The smallest absolute Gasteiger partial charge is 0.260 e. The first-order valence-corrected chi connectivity index (χ1v) is 6.14.